The second kappa shape index (κ2) is 14.6. The van der Waals surface area contributed by atoms with Crippen LogP contribution in [-0.4, -0.2) is 79.5 Å². The summed E-state index contributed by atoms with van der Waals surface area (Å²) < 4.78 is 5.56. The van der Waals surface area contributed by atoms with E-state index in [-0.39, 0.29) is 37.4 Å². The molecule has 8 heteroatoms. The molecule has 0 radical (unpaired) electrons. The predicted octanol–water partition coefficient (Wildman–Crippen LogP) is 3.29. The molecule has 2 atom stereocenters. The highest BCUT2D eigenvalue weighted by Gasteiger charge is 2.35. The smallest absolute Gasteiger partial charge is 0.249 e. The Morgan fingerprint density at radius 2 is 1.29 bits per heavy atom. The number of nitrogens with zero attached hydrogens (tertiary/aromatic N) is 2. The maximum absolute atomic E-state index is 14.1. The Morgan fingerprint density at radius 3 is 1.85 bits per heavy atom. The van der Waals surface area contributed by atoms with Crippen molar-refractivity contribution in [1.29, 1.82) is 0 Å². The highest BCUT2D eigenvalue weighted by atomic mass is 16.5. The number of benzene rings is 3. The highest BCUT2D eigenvalue weighted by Crippen LogP contribution is 2.21. The van der Waals surface area contributed by atoms with Crippen molar-refractivity contribution in [3.05, 3.63) is 96.1 Å². The van der Waals surface area contributed by atoms with E-state index in [4.69, 9.17) is 10.5 Å². The summed E-state index contributed by atoms with van der Waals surface area (Å²) in [5, 5.41) is 2.68. The van der Waals surface area contributed by atoms with Gasteiger partial charge in [0.1, 0.15) is 18.7 Å². The summed E-state index contributed by atoms with van der Waals surface area (Å²) in [7, 11) is 4.76. The van der Waals surface area contributed by atoms with Gasteiger partial charge in [0.25, 0.3) is 0 Å². The van der Waals surface area contributed by atoms with E-state index in [2.05, 4.69) is 5.32 Å². The molecule has 0 heterocycles. The molecular weight excluding hydrogens is 516 g/mol. The Kier molecular flexibility index (Phi) is 11.2. The minimum Gasteiger partial charge on any atom is -0.370 e. The van der Waals surface area contributed by atoms with Gasteiger partial charge in [-0.3, -0.25) is 14.4 Å². The van der Waals surface area contributed by atoms with Crippen LogP contribution in [0.25, 0.3) is 11.1 Å². The Balaban J connectivity index is 1.87. The molecule has 41 heavy (non-hydrogen) atoms. The van der Waals surface area contributed by atoms with E-state index in [1.807, 2.05) is 98.8 Å². The quantitative estimate of drug-likeness (QED) is 0.335. The van der Waals surface area contributed by atoms with Crippen molar-refractivity contribution in [2.24, 2.45) is 5.73 Å². The van der Waals surface area contributed by atoms with Gasteiger partial charge in [-0.2, -0.15) is 0 Å². The molecule has 218 valence electrons. The van der Waals surface area contributed by atoms with Gasteiger partial charge in [-0.25, -0.2) is 0 Å². The molecular formula is C33H42N4O4. The van der Waals surface area contributed by atoms with Crippen LogP contribution in [0.3, 0.4) is 0 Å². The van der Waals surface area contributed by atoms with Gasteiger partial charge in [0.15, 0.2) is 0 Å². The van der Waals surface area contributed by atoms with Gasteiger partial charge in [-0.15, -0.1) is 0 Å². The molecule has 3 rings (SSSR count). The summed E-state index contributed by atoms with van der Waals surface area (Å²) in [5.41, 5.74) is 9.36. The summed E-state index contributed by atoms with van der Waals surface area (Å²) in [6, 6.07) is 25.9. The van der Waals surface area contributed by atoms with E-state index in [0.717, 1.165) is 22.3 Å². The van der Waals surface area contributed by atoms with Crippen LogP contribution in [0.1, 0.15) is 25.0 Å². The maximum atomic E-state index is 14.1. The number of carbonyl (C=O) groups is 3. The molecule has 0 aromatic heterocycles. The molecule has 3 amide bonds. The number of amides is 3. The first-order valence-electron chi connectivity index (χ1n) is 13.8. The van der Waals surface area contributed by atoms with E-state index >= 15 is 0 Å². The first-order chi connectivity index (χ1) is 19.5. The number of nitrogens with two attached hydrogens (primary N) is 1. The Morgan fingerprint density at radius 1 is 0.780 bits per heavy atom. The normalized spacial score (nSPS) is 12.7. The zero-order valence-corrected chi connectivity index (χ0v) is 24.7. The highest BCUT2D eigenvalue weighted by molar-refractivity contribution is 5.92. The van der Waals surface area contributed by atoms with E-state index in [1.165, 1.54) is 9.80 Å². The van der Waals surface area contributed by atoms with E-state index in [1.54, 1.807) is 21.1 Å². The van der Waals surface area contributed by atoms with Crippen LogP contribution < -0.4 is 11.1 Å². The third kappa shape index (κ3) is 9.27. The molecule has 0 aliphatic carbocycles. The number of carbonyl (C=O) groups excluding carboxylic acids is 3. The topological polar surface area (TPSA) is 105 Å². The molecule has 3 aromatic carbocycles. The predicted molar refractivity (Wildman–Crippen MR) is 162 cm³/mol. The van der Waals surface area contributed by atoms with Crippen molar-refractivity contribution in [2.45, 2.75) is 44.3 Å². The number of hydrogen-bond donors (Lipinski definition) is 2. The Bertz CT molecular complexity index is 1270. The van der Waals surface area contributed by atoms with Crippen molar-refractivity contribution in [3.8, 4) is 11.1 Å². The molecule has 0 saturated carbocycles. The van der Waals surface area contributed by atoms with Crippen molar-refractivity contribution in [1.82, 2.24) is 15.1 Å². The van der Waals surface area contributed by atoms with Crippen LogP contribution in [0, 0.1) is 0 Å². The van der Waals surface area contributed by atoms with E-state index in [0.29, 0.717) is 6.42 Å². The first kappa shape index (κ1) is 31.5. The number of rotatable bonds is 13. The van der Waals surface area contributed by atoms with Gasteiger partial charge in [-0.1, -0.05) is 84.9 Å². The molecule has 0 fully saturated rings. The van der Waals surface area contributed by atoms with Gasteiger partial charge in [0.05, 0.1) is 6.61 Å². The largest absolute Gasteiger partial charge is 0.370 e. The van der Waals surface area contributed by atoms with Gasteiger partial charge in [0.2, 0.25) is 17.7 Å². The van der Waals surface area contributed by atoms with Gasteiger partial charge < -0.3 is 25.6 Å². The molecule has 0 saturated heterocycles. The lowest BCUT2D eigenvalue weighted by atomic mass is 9.98. The van der Waals surface area contributed by atoms with Crippen molar-refractivity contribution >= 4 is 17.7 Å². The fourth-order valence-corrected chi connectivity index (χ4v) is 4.55. The molecule has 0 spiro atoms. The average molecular weight is 559 g/mol. The SMILES string of the molecule is CNC(=O)[C@@H](Cc1ccccc1)N(C)C(=O)C(Cc1ccc(-c2ccccc2)cc1)N(C)C(=O)COCC(C)(C)N. The summed E-state index contributed by atoms with van der Waals surface area (Å²) in [5.74, 6) is -0.962. The summed E-state index contributed by atoms with van der Waals surface area (Å²) in [6.07, 6.45) is 0.613. The summed E-state index contributed by atoms with van der Waals surface area (Å²) in [6.45, 7) is 3.61. The second-order valence-electron chi connectivity index (χ2n) is 11.0. The molecule has 1 unspecified atom stereocenters. The number of ether oxygens (including phenoxy) is 1. The van der Waals surface area contributed by atoms with Crippen LogP contribution in [-0.2, 0) is 32.0 Å². The fraction of sp³-hybridized carbons (Fsp3) is 0.364. The molecule has 0 bridgehead atoms. The maximum Gasteiger partial charge on any atom is 0.249 e. The monoisotopic (exact) mass is 558 g/mol. The Hall–Kier alpha value is -4.01. The molecule has 0 aliphatic heterocycles. The van der Waals surface area contributed by atoms with Gasteiger partial charge in [-0.05, 0) is 36.1 Å². The standard InChI is InChI=1S/C33H42N4O4/c1-33(2,34)23-41-22-30(38)36(4)29(21-25-16-18-27(19-17-25)26-14-10-7-11-15-26)32(40)37(5)28(31(39)35-3)20-24-12-8-6-9-13-24/h6-19,28-29H,20-23,34H2,1-5H3,(H,35,39)/t28-,29?/m1/s1. The summed E-state index contributed by atoms with van der Waals surface area (Å²) >= 11 is 0. The lowest BCUT2D eigenvalue weighted by Gasteiger charge is -2.34. The van der Waals surface area contributed by atoms with Crippen molar-refractivity contribution < 1.29 is 19.1 Å². The van der Waals surface area contributed by atoms with Gasteiger partial charge >= 0.3 is 0 Å². The fourth-order valence-electron chi connectivity index (χ4n) is 4.55. The van der Waals surface area contributed by atoms with Crippen LogP contribution >= 0.6 is 0 Å². The Labute approximate surface area is 243 Å². The number of hydrogen-bond acceptors (Lipinski definition) is 5. The van der Waals surface area contributed by atoms with Crippen LogP contribution in [0.5, 0.6) is 0 Å². The molecule has 0 aliphatic rings. The van der Waals surface area contributed by atoms with Crippen LogP contribution in [0.15, 0.2) is 84.9 Å². The number of likely N-dealkylation sites (N-methyl/N-ethyl adjacent to an activating group) is 3. The van der Waals surface area contributed by atoms with Crippen LogP contribution in [0.4, 0.5) is 0 Å². The van der Waals surface area contributed by atoms with Crippen molar-refractivity contribution in [3.63, 3.8) is 0 Å². The third-order valence-electron chi connectivity index (χ3n) is 6.97. The van der Waals surface area contributed by atoms with E-state index < -0.39 is 17.6 Å². The second-order valence-corrected chi connectivity index (χ2v) is 11.0. The zero-order chi connectivity index (χ0) is 30.0. The minimum atomic E-state index is -0.854. The van der Waals surface area contributed by atoms with E-state index in [9.17, 15) is 14.4 Å². The lowest BCUT2D eigenvalue weighted by Crippen LogP contribution is -2.56. The van der Waals surface area contributed by atoms with Gasteiger partial charge in [0, 0.05) is 39.5 Å². The number of nitrogens with one attached hydrogen (secondary N) is 1. The summed E-state index contributed by atoms with van der Waals surface area (Å²) in [4.78, 5) is 43.0. The van der Waals surface area contributed by atoms with Crippen LogP contribution in [0.2, 0.25) is 0 Å². The van der Waals surface area contributed by atoms with Crippen molar-refractivity contribution in [2.75, 3.05) is 34.4 Å². The zero-order valence-electron chi connectivity index (χ0n) is 24.7. The third-order valence-corrected chi connectivity index (χ3v) is 6.97. The first-order valence-corrected chi connectivity index (χ1v) is 13.8. The molecule has 3 aromatic rings. The molecule has 8 nitrogen and oxygen atoms in total. The average Bonchev–Trinajstić information content (AvgIpc) is 2.97. The minimum absolute atomic E-state index is 0.196. The molecule has 3 N–H and O–H groups in total. The lowest BCUT2D eigenvalue weighted by molar-refractivity contribution is -0.149.